The molecule has 6 nitrogen and oxygen atoms in total. The number of rotatable bonds is 7. The highest BCUT2D eigenvalue weighted by molar-refractivity contribution is 8.00. The van der Waals surface area contributed by atoms with Crippen molar-refractivity contribution in [3.63, 3.8) is 0 Å². The van der Waals surface area contributed by atoms with Crippen LogP contribution in [-0.4, -0.2) is 33.2 Å². The molecule has 0 aliphatic carbocycles. The predicted molar refractivity (Wildman–Crippen MR) is 116 cm³/mol. The van der Waals surface area contributed by atoms with Crippen molar-refractivity contribution in [2.75, 3.05) is 17.7 Å². The van der Waals surface area contributed by atoms with Gasteiger partial charge in [-0.25, -0.2) is 14.4 Å². The minimum atomic E-state index is -0.289. The maximum absolute atomic E-state index is 13.2. The summed E-state index contributed by atoms with van der Waals surface area (Å²) in [6, 6.07) is 13.5. The van der Waals surface area contributed by atoms with Crippen LogP contribution in [0.4, 0.5) is 10.1 Å². The first-order valence-corrected chi connectivity index (χ1v) is 10.4. The van der Waals surface area contributed by atoms with Crippen LogP contribution in [0.5, 0.6) is 5.75 Å². The molecule has 0 aliphatic rings. The van der Waals surface area contributed by atoms with Gasteiger partial charge in [-0.05, 0) is 48.9 Å². The van der Waals surface area contributed by atoms with Crippen molar-refractivity contribution in [2.24, 2.45) is 0 Å². The van der Waals surface area contributed by atoms with Gasteiger partial charge in [-0.15, -0.1) is 0 Å². The van der Waals surface area contributed by atoms with E-state index < -0.39 is 0 Å². The molecule has 0 atom stereocenters. The molecule has 1 amide bonds. The molecule has 30 heavy (non-hydrogen) atoms. The third-order valence-electron chi connectivity index (χ3n) is 4.37. The van der Waals surface area contributed by atoms with Crippen LogP contribution < -0.4 is 10.1 Å². The minimum Gasteiger partial charge on any atom is -0.494 e. The zero-order chi connectivity index (χ0) is 20.9. The van der Waals surface area contributed by atoms with Gasteiger partial charge in [0.15, 0.2) is 0 Å². The summed E-state index contributed by atoms with van der Waals surface area (Å²) in [4.78, 5) is 24.2. The molecule has 2 heterocycles. The fourth-order valence-electron chi connectivity index (χ4n) is 3.01. The van der Waals surface area contributed by atoms with E-state index in [2.05, 4.69) is 20.3 Å². The Morgan fingerprint density at radius 3 is 2.63 bits per heavy atom. The smallest absolute Gasteiger partial charge is 0.234 e. The molecule has 2 aromatic carbocycles. The molecule has 152 valence electrons. The summed E-state index contributed by atoms with van der Waals surface area (Å²) < 4.78 is 18.6. The van der Waals surface area contributed by atoms with E-state index in [1.807, 2.05) is 25.3 Å². The van der Waals surface area contributed by atoms with Crippen molar-refractivity contribution in [3.05, 3.63) is 66.9 Å². The van der Waals surface area contributed by atoms with Crippen LogP contribution in [0.25, 0.3) is 22.2 Å². The number of thioether (sulfide) groups is 1. The van der Waals surface area contributed by atoms with Gasteiger partial charge in [-0.1, -0.05) is 23.9 Å². The summed E-state index contributed by atoms with van der Waals surface area (Å²) in [6.07, 6.45) is 3.28. The molecular weight excluding hydrogens is 403 g/mol. The number of hydrogen-bond acceptors (Lipinski definition) is 5. The van der Waals surface area contributed by atoms with Crippen molar-refractivity contribution in [2.45, 2.75) is 11.9 Å². The number of nitrogens with zero attached hydrogens (tertiary/aromatic N) is 2. The number of aromatic amines is 1. The number of hydrogen-bond donors (Lipinski definition) is 2. The van der Waals surface area contributed by atoms with Crippen LogP contribution >= 0.6 is 11.8 Å². The molecule has 8 heteroatoms. The number of aromatic nitrogens is 3. The Labute approximate surface area is 176 Å². The van der Waals surface area contributed by atoms with Crippen molar-refractivity contribution in [1.29, 1.82) is 0 Å². The Hall–Kier alpha value is -3.39. The van der Waals surface area contributed by atoms with Crippen molar-refractivity contribution < 1.29 is 13.9 Å². The quantitative estimate of drug-likeness (QED) is 0.327. The van der Waals surface area contributed by atoms with Crippen LogP contribution in [0.3, 0.4) is 0 Å². The van der Waals surface area contributed by atoms with Crippen LogP contribution in [0.1, 0.15) is 6.92 Å². The number of halogens is 1. The zero-order valence-corrected chi connectivity index (χ0v) is 17.0. The monoisotopic (exact) mass is 422 g/mol. The maximum Gasteiger partial charge on any atom is 0.234 e. The fraction of sp³-hybridized carbons (Fsp3) is 0.136. The van der Waals surface area contributed by atoms with E-state index in [1.54, 1.807) is 24.3 Å². The SMILES string of the molecule is CCOc1ccc(NC(=O)CSc2ncnc3c(-c4ccc(F)cc4)c[nH]c23)cc1. The molecule has 0 saturated carbocycles. The molecule has 0 spiro atoms. The van der Waals surface area contributed by atoms with Crippen LogP contribution in [0.2, 0.25) is 0 Å². The molecule has 2 aromatic heterocycles. The standard InChI is InChI=1S/C22H19FN4O2S/c1-2-29-17-9-7-16(8-10-17)27-19(28)12-30-22-21-20(25-13-26-22)18(11-24-21)14-3-5-15(23)6-4-14/h3-11,13,24H,2,12H2,1H3,(H,27,28). The van der Waals surface area contributed by atoms with Crippen molar-refractivity contribution in [1.82, 2.24) is 15.0 Å². The van der Waals surface area contributed by atoms with E-state index in [0.717, 1.165) is 27.9 Å². The summed E-state index contributed by atoms with van der Waals surface area (Å²) >= 11 is 1.32. The zero-order valence-electron chi connectivity index (χ0n) is 16.2. The highest BCUT2D eigenvalue weighted by atomic mass is 32.2. The Bertz CT molecular complexity index is 1160. The summed E-state index contributed by atoms with van der Waals surface area (Å²) in [6.45, 7) is 2.52. The second kappa shape index (κ2) is 8.96. The lowest BCUT2D eigenvalue weighted by atomic mass is 10.1. The number of benzene rings is 2. The highest BCUT2D eigenvalue weighted by Gasteiger charge is 2.13. The highest BCUT2D eigenvalue weighted by Crippen LogP contribution is 2.31. The van der Waals surface area contributed by atoms with Gasteiger partial charge in [0.2, 0.25) is 5.91 Å². The minimum absolute atomic E-state index is 0.138. The van der Waals surface area contributed by atoms with Gasteiger partial charge in [-0.3, -0.25) is 4.79 Å². The van der Waals surface area contributed by atoms with E-state index in [1.165, 1.54) is 30.2 Å². The number of nitrogens with one attached hydrogen (secondary N) is 2. The first-order valence-electron chi connectivity index (χ1n) is 9.37. The second-order valence-corrected chi connectivity index (χ2v) is 7.37. The maximum atomic E-state index is 13.2. The van der Waals surface area contributed by atoms with Crippen molar-refractivity contribution >= 4 is 34.4 Å². The van der Waals surface area contributed by atoms with Crippen LogP contribution in [0.15, 0.2) is 66.1 Å². The molecule has 0 aliphatic heterocycles. The Morgan fingerprint density at radius 2 is 1.90 bits per heavy atom. The largest absolute Gasteiger partial charge is 0.494 e. The molecular formula is C22H19FN4O2S. The van der Waals surface area contributed by atoms with E-state index >= 15 is 0 Å². The van der Waals surface area contributed by atoms with Gasteiger partial charge in [-0.2, -0.15) is 0 Å². The number of amides is 1. The molecule has 4 aromatic rings. The first kappa shape index (κ1) is 19.9. The molecule has 0 bridgehead atoms. The second-order valence-electron chi connectivity index (χ2n) is 6.41. The van der Waals surface area contributed by atoms with Gasteiger partial charge >= 0.3 is 0 Å². The van der Waals surface area contributed by atoms with Crippen LogP contribution in [0, 0.1) is 5.82 Å². The normalized spacial score (nSPS) is 10.9. The Kier molecular flexibility index (Phi) is 5.94. The van der Waals surface area contributed by atoms with Gasteiger partial charge in [0, 0.05) is 17.4 Å². The van der Waals surface area contributed by atoms with Crippen molar-refractivity contribution in [3.8, 4) is 16.9 Å². The lowest BCUT2D eigenvalue weighted by Gasteiger charge is -2.07. The summed E-state index contributed by atoms with van der Waals surface area (Å²) in [5.41, 5.74) is 3.88. The number of H-pyrrole nitrogens is 1. The number of carbonyl (C=O) groups is 1. The number of anilines is 1. The predicted octanol–water partition coefficient (Wildman–Crippen LogP) is 4.89. The molecule has 0 unspecified atom stereocenters. The number of ether oxygens (including phenoxy) is 1. The van der Waals surface area contributed by atoms with Gasteiger partial charge in [0.05, 0.1) is 17.9 Å². The lowest BCUT2D eigenvalue weighted by Crippen LogP contribution is -2.14. The van der Waals surface area contributed by atoms with E-state index in [9.17, 15) is 9.18 Å². The third-order valence-corrected chi connectivity index (χ3v) is 5.36. The molecule has 0 fully saturated rings. The average Bonchev–Trinajstić information content (AvgIpc) is 3.19. The number of carbonyl (C=O) groups excluding carboxylic acids is 1. The number of fused-ring (bicyclic) bond motifs is 1. The molecule has 0 radical (unpaired) electrons. The Balaban J connectivity index is 1.45. The molecule has 2 N–H and O–H groups in total. The van der Waals surface area contributed by atoms with Gasteiger partial charge in [0.25, 0.3) is 0 Å². The van der Waals surface area contributed by atoms with E-state index in [-0.39, 0.29) is 17.5 Å². The van der Waals surface area contributed by atoms with E-state index in [0.29, 0.717) is 17.3 Å². The van der Waals surface area contributed by atoms with E-state index in [4.69, 9.17) is 4.74 Å². The topological polar surface area (TPSA) is 79.9 Å². The fourth-order valence-corrected chi connectivity index (χ4v) is 3.77. The van der Waals surface area contributed by atoms with Gasteiger partial charge in [0.1, 0.15) is 28.4 Å². The van der Waals surface area contributed by atoms with Gasteiger partial charge < -0.3 is 15.0 Å². The molecule has 4 rings (SSSR count). The molecule has 0 saturated heterocycles. The third kappa shape index (κ3) is 4.44. The summed E-state index contributed by atoms with van der Waals surface area (Å²) in [5.74, 6) is 0.533. The average molecular weight is 422 g/mol. The van der Waals surface area contributed by atoms with Crippen LogP contribution in [-0.2, 0) is 4.79 Å². The Morgan fingerprint density at radius 1 is 1.13 bits per heavy atom. The summed E-state index contributed by atoms with van der Waals surface area (Å²) in [5, 5.41) is 3.54. The first-order chi connectivity index (χ1) is 14.6. The summed E-state index contributed by atoms with van der Waals surface area (Å²) in [7, 11) is 0. The lowest BCUT2D eigenvalue weighted by molar-refractivity contribution is -0.113.